The molecule has 0 atom stereocenters. The molecular weight excluding hydrogens is 338 g/mol. The number of aromatic carboxylic acids is 1. The van der Waals surface area contributed by atoms with Gasteiger partial charge in [0, 0.05) is 46.0 Å². The summed E-state index contributed by atoms with van der Waals surface area (Å²) >= 11 is 0. The normalized spacial score (nSPS) is 10.0. The maximum Gasteiger partial charge on any atom is 0.337 e. The Hall–Kier alpha value is -4.17. The molecule has 3 N–H and O–H groups in total. The van der Waals surface area contributed by atoms with Gasteiger partial charge in [-0.25, -0.2) is 4.79 Å². The van der Waals surface area contributed by atoms with Gasteiger partial charge in [-0.1, -0.05) is 0 Å². The number of pyridine rings is 2. The van der Waals surface area contributed by atoms with E-state index in [1.807, 2.05) is 0 Å². The van der Waals surface area contributed by atoms with Crippen molar-refractivity contribution in [2.24, 2.45) is 5.11 Å². The minimum absolute atomic E-state index is 0.285. The molecule has 10 heteroatoms. The van der Waals surface area contributed by atoms with E-state index in [2.05, 4.69) is 30.0 Å². The van der Waals surface area contributed by atoms with Crippen molar-refractivity contribution in [1.82, 2.24) is 19.9 Å². The third-order valence-corrected chi connectivity index (χ3v) is 3.56. The Morgan fingerprint density at radius 1 is 1.00 bits per heavy atom. The first-order chi connectivity index (χ1) is 12.6. The Labute approximate surface area is 145 Å². The van der Waals surface area contributed by atoms with Crippen LogP contribution < -0.4 is 0 Å². The third-order valence-electron chi connectivity index (χ3n) is 3.56. The van der Waals surface area contributed by atoms with Gasteiger partial charge in [0.15, 0.2) is 0 Å². The molecule has 0 fully saturated rings. The third kappa shape index (κ3) is 3.21. The molecule has 0 spiro atoms. The van der Waals surface area contributed by atoms with E-state index in [0.29, 0.717) is 16.3 Å². The summed E-state index contributed by atoms with van der Waals surface area (Å²) < 4.78 is 0. The minimum atomic E-state index is -0.924. The van der Waals surface area contributed by atoms with Gasteiger partial charge in [0.25, 0.3) is 5.91 Å². The lowest BCUT2D eigenvalue weighted by molar-refractivity contribution is 0.0699. The van der Waals surface area contributed by atoms with Crippen LogP contribution in [-0.4, -0.2) is 36.9 Å². The van der Waals surface area contributed by atoms with Crippen LogP contribution in [0.15, 0.2) is 54.4 Å². The SMILES string of the molecule is O=C(O)c1c[nH]c2cnccc12.[N-]=[N+]=NC(=O)c1c[nH]c2cnccc12. The van der Waals surface area contributed by atoms with Crippen LogP contribution in [-0.2, 0) is 0 Å². The number of rotatable bonds is 2. The lowest BCUT2D eigenvalue weighted by Crippen LogP contribution is -1.93. The number of azide groups is 1. The van der Waals surface area contributed by atoms with Gasteiger partial charge < -0.3 is 15.1 Å². The fourth-order valence-electron chi connectivity index (χ4n) is 2.39. The predicted octanol–water partition coefficient (Wildman–Crippen LogP) is 3.27. The van der Waals surface area contributed by atoms with Gasteiger partial charge in [0.05, 0.1) is 29.0 Å². The largest absolute Gasteiger partial charge is 0.478 e. The van der Waals surface area contributed by atoms with Gasteiger partial charge in [-0.3, -0.25) is 14.8 Å². The molecule has 0 aliphatic rings. The molecule has 0 saturated carbocycles. The number of hydrogen-bond donors (Lipinski definition) is 3. The zero-order chi connectivity index (χ0) is 18.5. The molecule has 26 heavy (non-hydrogen) atoms. The highest BCUT2D eigenvalue weighted by atomic mass is 16.4. The quantitative estimate of drug-likeness (QED) is 0.287. The van der Waals surface area contributed by atoms with E-state index in [9.17, 15) is 9.59 Å². The average Bonchev–Trinajstić information content (AvgIpc) is 3.27. The van der Waals surface area contributed by atoms with Crippen LogP contribution in [0.25, 0.3) is 32.2 Å². The number of fused-ring (bicyclic) bond motifs is 2. The van der Waals surface area contributed by atoms with Crippen LogP contribution in [0.2, 0.25) is 0 Å². The maximum absolute atomic E-state index is 11.3. The molecule has 4 heterocycles. The molecule has 0 aromatic carbocycles. The highest BCUT2D eigenvalue weighted by Crippen LogP contribution is 2.17. The van der Waals surface area contributed by atoms with Crippen molar-refractivity contribution < 1.29 is 14.7 Å². The van der Waals surface area contributed by atoms with Gasteiger partial charge in [0.2, 0.25) is 0 Å². The number of amides is 1. The first-order valence-corrected chi connectivity index (χ1v) is 7.26. The summed E-state index contributed by atoms with van der Waals surface area (Å²) in [5, 5.41) is 13.1. The topological polar surface area (TPSA) is 160 Å². The number of hydrogen-bond acceptors (Lipinski definition) is 4. The van der Waals surface area contributed by atoms with E-state index < -0.39 is 11.9 Å². The first-order valence-electron chi connectivity index (χ1n) is 7.26. The molecule has 4 aromatic rings. The summed E-state index contributed by atoms with van der Waals surface area (Å²) in [5.41, 5.74) is 10.3. The lowest BCUT2D eigenvalue weighted by atomic mass is 10.2. The van der Waals surface area contributed by atoms with Crippen molar-refractivity contribution in [2.75, 3.05) is 0 Å². The van der Waals surface area contributed by atoms with Crippen molar-refractivity contribution in [3.05, 3.63) is 70.9 Å². The maximum atomic E-state index is 11.3. The number of carbonyl (C=O) groups is 2. The molecule has 0 bridgehead atoms. The second-order valence-electron chi connectivity index (χ2n) is 5.05. The summed E-state index contributed by atoms with van der Waals surface area (Å²) in [6.07, 6.45) is 9.31. The Morgan fingerprint density at radius 3 is 2.08 bits per heavy atom. The zero-order valence-corrected chi connectivity index (χ0v) is 13.1. The van der Waals surface area contributed by atoms with E-state index in [0.717, 1.165) is 11.0 Å². The summed E-state index contributed by atoms with van der Waals surface area (Å²) in [5.74, 6) is -1.52. The summed E-state index contributed by atoms with van der Waals surface area (Å²) in [6.45, 7) is 0. The van der Waals surface area contributed by atoms with Gasteiger partial charge in [-0.2, -0.15) is 0 Å². The number of aromatic nitrogens is 4. The molecule has 128 valence electrons. The molecular formula is C16H11N7O3. The Kier molecular flexibility index (Phi) is 4.59. The Bertz CT molecular complexity index is 1150. The van der Waals surface area contributed by atoms with Gasteiger partial charge in [0.1, 0.15) is 0 Å². The lowest BCUT2D eigenvalue weighted by Gasteiger charge is -1.90. The molecule has 4 aromatic heterocycles. The second-order valence-corrected chi connectivity index (χ2v) is 5.05. The molecule has 0 radical (unpaired) electrons. The number of aromatic amines is 2. The highest BCUT2D eigenvalue weighted by molar-refractivity contribution is 6.06. The molecule has 0 aliphatic carbocycles. The number of H-pyrrole nitrogens is 2. The van der Waals surface area contributed by atoms with Crippen LogP contribution in [0, 0.1) is 0 Å². The van der Waals surface area contributed by atoms with Crippen LogP contribution in [0.5, 0.6) is 0 Å². The van der Waals surface area contributed by atoms with Crippen LogP contribution >= 0.6 is 0 Å². The molecule has 1 amide bonds. The Balaban J connectivity index is 0.000000152. The van der Waals surface area contributed by atoms with E-state index in [1.165, 1.54) is 12.4 Å². The molecule has 10 nitrogen and oxygen atoms in total. The predicted molar refractivity (Wildman–Crippen MR) is 92.6 cm³/mol. The van der Waals surface area contributed by atoms with Gasteiger partial charge in [-0.05, 0) is 22.8 Å². The number of carboxylic acid groups (broad SMARTS) is 1. The molecule has 4 rings (SSSR count). The number of nitrogens with zero attached hydrogens (tertiary/aromatic N) is 5. The van der Waals surface area contributed by atoms with Crippen molar-refractivity contribution in [1.29, 1.82) is 0 Å². The monoisotopic (exact) mass is 349 g/mol. The summed E-state index contributed by atoms with van der Waals surface area (Å²) in [7, 11) is 0. The Morgan fingerprint density at radius 2 is 1.54 bits per heavy atom. The van der Waals surface area contributed by atoms with Crippen molar-refractivity contribution >= 4 is 33.7 Å². The number of carbonyl (C=O) groups excluding carboxylic acids is 1. The van der Waals surface area contributed by atoms with Gasteiger partial charge >= 0.3 is 5.97 Å². The number of carboxylic acids is 1. The first kappa shape index (κ1) is 16.7. The second kappa shape index (κ2) is 7.16. The van der Waals surface area contributed by atoms with Crippen LogP contribution in [0.4, 0.5) is 0 Å². The van der Waals surface area contributed by atoms with Crippen molar-refractivity contribution in [3.8, 4) is 0 Å². The molecule has 0 unspecified atom stereocenters. The molecule has 0 saturated heterocycles. The van der Waals surface area contributed by atoms with E-state index in [4.69, 9.17) is 10.6 Å². The van der Waals surface area contributed by atoms with E-state index in [-0.39, 0.29) is 5.56 Å². The van der Waals surface area contributed by atoms with Crippen LogP contribution in [0.1, 0.15) is 20.7 Å². The minimum Gasteiger partial charge on any atom is -0.478 e. The fourth-order valence-corrected chi connectivity index (χ4v) is 2.39. The number of nitrogens with one attached hydrogen (secondary N) is 2. The molecule has 0 aliphatic heterocycles. The highest BCUT2D eigenvalue weighted by Gasteiger charge is 2.09. The van der Waals surface area contributed by atoms with E-state index >= 15 is 0 Å². The van der Waals surface area contributed by atoms with E-state index in [1.54, 1.807) is 36.9 Å². The average molecular weight is 349 g/mol. The van der Waals surface area contributed by atoms with Crippen molar-refractivity contribution in [2.45, 2.75) is 0 Å². The van der Waals surface area contributed by atoms with Crippen LogP contribution in [0.3, 0.4) is 0 Å². The smallest absolute Gasteiger partial charge is 0.337 e. The van der Waals surface area contributed by atoms with Gasteiger partial charge in [-0.15, -0.1) is 0 Å². The standard InChI is InChI=1S/C8H5N5O.C8H6N2O2/c9-13-12-8(14)6-3-11-7-4-10-2-1-5(6)7;11-8(12)6-3-10-7-4-9-2-1-5(6)7/h1-4,11H;1-4,10H,(H,11,12). The van der Waals surface area contributed by atoms with Crippen molar-refractivity contribution in [3.63, 3.8) is 0 Å². The fraction of sp³-hybridized carbons (Fsp3) is 0. The zero-order valence-electron chi connectivity index (χ0n) is 13.1. The summed E-state index contributed by atoms with van der Waals surface area (Å²) in [6, 6.07) is 3.36. The summed E-state index contributed by atoms with van der Waals surface area (Å²) in [4.78, 5) is 37.8.